The summed E-state index contributed by atoms with van der Waals surface area (Å²) in [6, 6.07) is 3.10. The molecular weight excluding hydrogens is 243 g/mol. The van der Waals surface area contributed by atoms with Gasteiger partial charge in [-0.2, -0.15) is 0 Å². The molecule has 0 aliphatic heterocycles. The number of hydrogen-bond acceptors (Lipinski definition) is 3. The number of nitrogens with one attached hydrogen (secondary N) is 1. The second kappa shape index (κ2) is 5.99. The lowest BCUT2D eigenvalue weighted by Crippen LogP contribution is -2.44. The zero-order valence-electron chi connectivity index (χ0n) is 12.7. The van der Waals surface area contributed by atoms with Gasteiger partial charge in [0.25, 0.3) is 0 Å². The minimum Gasteiger partial charge on any atom is -0.379 e. The number of hydrazine groups is 1. The van der Waals surface area contributed by atoms with Crippen LogP contribution < -0.4 is 11.3 Å². The Kier molecular flexibility index (Phi) is 5.07. The van der Waals surface area contributed by atoms with Crippen molar-refractivity contribution in [2.45, 2.75) is 46.8 Å². The molecule has 2 atom stereocenters. The van der Waals surface area contributed by atoms with Gasteiger partial charge in [0.2, 0.25) is 0 Å². The molecule has 1 rings (SSSR count). The van der Waals surface area contributed by atoms with Gasteiger partial charge in [-0.05, 0) is 36.5 Å². The first-order valence-electron chi connectivity index (χ1n) is 6.48. The van der Waals surface area contributed by atoms with Crippen molar-refractivity contribution in [2.75, 3.05) is 7.11 Å². The molecule has 1 aromatic carbocycles. The van der Waals surface area contributed by atoms with Crippen LogP contribution in [0, 0.1) is 25.1 Å². The lowest BCUT2D eigenvalue weighted by molar-refractivity contribution is -0.0129. The largest absolute Gasteiger partial charge is 0.379 e. The number of aryl methyl sites for hydroxylation is 2. The van der Waals surface area contributed by atoms with Crippen molar-refractivity contribution in [3.63, 3.8) is 0 Å². The number of methoxy groups -OCH3 is 1. The maximum Gasteiger partial charge on any atom is 0.128 e. The number of benzene rings is 1. The Labute approximate surface area is 115 Å². The Morgan fingerprint density at radius 3 is 2.21 bits per heavy atom. The monoisotopic (exact) mass is 268 g/mol. The van der Waals surface area contributed by atoms with Gasteiger partial charge in [0.1, 0.15) is 5.82 Å². The SMILES string of the molecule is COC(C(NN)c1c(C)cc(C)cc1F)C(C)(C)C. The zero-order valence-corrected chi connectivity index (χ0v) is 12.7. The van der Waals surface area contributed by atoms with E-state index in [2.05, 4.69) is 5.43 Å². The van der Waals surface area contributed by atoms with E-state index < -0.39 is 0 Å². The highest BCUT2D eigenvalue weighted by Crippen LogP contribution is 2.34. The van der Waals surface area contributed by atoms with Crippen LogP contribution in [0.25, 0.3) is 0 Å². The molecule has 3 nitrogen and oxygen atoms in total. The second-order valence-corrected chi connectivity index (χ2v) is 6.14. The van der Waals surface area contributed by atoms with Gasteiger partial charge in [-0.1, -0.05) is 26.8 Å². The van der Waals surface area contributed by atoms with Crippen LogP contribution in [0.4, 0.5) is 4.39 Å². The van der Waals surface area contributed by atoms with E-state index in [0.717, 1.165) is 11.1 Å². The molecule has 0 heterocycles. The number of nitrogens with two attached hydrogens (primary N) is 1. The molecule has 0 aromatic heterocycles. The van der Waals surface area contributed by atoms with E-state index in [1.165, 1.54) is 6.07 Å². The molecule has 0 aliphatic carbocycles. The summed E-state index contributed by atoms with van der Waals surface area (Å²) < 4.78 is 19.8. The highest BCUT2D eigenvalue weighted by atomic mass is 19.1. The van der Waals surface area contributed by atoms with Crippen LogP contribution in [0.1, 0.15) is 43.5 Å². The third kappa shape index (κ3) is 3.53. The smallest absolute Gasteiger partial charge is 0.128 e. The van der Waals surface area contributed by atoms with Crippen molar-refractivity contribution in [1.82, 2.24) is 5.43 Å². The number of halogens is 1. The van der Waals surface area contributed by atoms with Gasteiger partial charge in [-0.15, -0.1) is 0 Å². The Bertz CT molecular complexity index is 417. The van der Waals surface area contributed by atoms with Gasteiger partial charge in [-0.25, -0.2) is 4.39 Å². The fourth-order valence-corrected chi connectivity index (χ4v) is 2.63. The molecule has 3 N–H and O–H groups in total. The number of ether oxygens (including phenoxy) is 1. The topological polar surface area (TPSA) is 47.3 Å². The summed E-state index contributed by atoms with van der Waals surface area (Å²) in [5.41, 5.74) is 4.92. The quantitative estimate of drug-likeness (QED) is 0.652. The van der Waals surface area contributed by atoms with Crippen LogP contribution >= 0.6 is 0 Å². The normalized spacial score (nSPS) is 15.4. The summed E-state index contributed by atoms with van der Waals surface area (Å²) in [5, 5.41) is 0. The Morgan fingerprint density at radius 2 is 1.84 bits per heavy atom. The predicted octanol–water partition coefficient (Wildman–Crippen LogP) is 3.01. The fourth-order valence-electron chi connectivity index (χ4n) is 2.63. The summed E-state index contributed by atoms with van der Waals surface area (Å²) >= 11 is 0. The molecule has 0 saturated carbocycles. The summed E-state index contributed by atoms with van der Waals surface area (Å²) in [5.74, 6) is 5.41. The molecule has 0 bridgehead atoms. The zero-order chi connectivity index (χ0) is 14.8. The van der Waals surface area contributed by atoms with E-state index in [0.29, 0.717) is 5.56 Å². The average molecular weight is 268 g/mol. The molecule has 1 aromatic rings. The van der Waals surface area contributed by atoms with Crippen LogP contribution in [-0.2, 0) is 4.74 Å². The standard InChI is InChI=1S/C15H25FN2O/c1-9-7-10(2)12(11(16)8-9)13(18-17)14(19-6)15(3,4)5/h7-8,13-14,18H,17H2,1-6H3. The van der Waals surface area contributed by atoms with Gasteiger partial charge in [0, 0.05) is 12.7 Å². The summed E-state index contributed by atoms with van der Waals surface area (Å²) in [4.78, 5) is 0. The van der Waals surface area contributed by atoms with Crippen molar-refractivity contribution >= 4 is 0 Å². The summed E-state index contributed by atoms with van der Waals surface area (Å²) in [7, 11) is 1.63. The molecule has 0 saturated heterocycles. The number of hydrogen-bond donors (Lipinski definition) is 2. The van der Waals surface area contributed by atoms with Crippen LogP contribution in [0.5, 0.6) is 0 Å². The maximum atomic E-state index is 14.3. The first-order valence-corrected chi connectivity index (χ1v) is 6.48. The van der Waals surface area contributed by atoms with E-state index >= 15 is 0 Å². The molecule has 0 radical (unpaired) electrons. The minimum atomic E-state index is -0.384. The van der Waals surface area contributed by atoms with Crippen LogP contribution in [0.15, 0.2) is 12.1 Å². The molecule has 2 unspecified atom stereocenters. The third-order valence-corrected chi connectivity index (χ3v) is 3.38. The summed E-state index contributed by atoms with van der Waals surface area (Å²) in [6.45, 7) is 9.92. The lowest BCUT2D eigenvalue weighted by Gasteiger charge is -2.36. The molecule has 0 amide bonds. The van der Waals surface area contributed by atoms with Gasteiger partial charge >= 0.3 is 0 Å². The van der Waals surface area contributed by atoms with Crippen molar-refractivity contribution in [3.05, 3.63) is 34.6 Å². The predicted molar refractivity (Wildman–Crippen MR) is 76.2 cm³/mol. The molecular formula is C15H25FN2O. The van der Waals surface area contributed by atoms with E-state index in [1.54, 1.807) is 7.11 Å². The van der Waals surface area contributed by atoms with Crippen molar-refractivity contribution in [2.24, 2.45) is 11.3 Å². The van der Waals surface area contributed by atoms with Crippen molar-refractivity contribution < 1.29 is 9.13 Å². The van der Waals surface area contributed by atoms with Gasteiger partial charge in [0.05, 0.1) is 12.1 Å². The van der Waals surface area contributed by atoms with Crippen molar-refractivity contribution in [1.29, 1.82) is 0 Å². The van der Waals surface area contributed by atoms with E-state index in [1.807, 2.05) is 40.7 Å². The van der Waals surface area contributed by atoms with Crippen LogP contribution in [0.2, 0.25) is 0 Å². The van der Waals surface area contributed by atoms with Crippen molar-refractivity contribution in [3.8, 4) is 0 Å². The highest BCUT2D eigenvalue weighted by molar-refractivity contribution is 5.35. The molecule has 108 valence electrons. The Balaban J connectivity index is 3.31. The second-order valence-electron chi connectivity index (χ2n) is 6.14. The lowest BCUT2D eigenvalue weighted by atomic mass is 9.81. The fraction of sp³-hybridized carbons (Fsp3) is 0.600. The van der Waals surface area contributed by atoms with Gasteiger partial charge < -0.3 is 4.74 Å². The molecule has 4 heteroatoms. The summed E-state index contributed by atoms with van der Waals surface area (Å²) in [6.07, 6.45) is -0.228. The maximum absolute atomic E-state index is 14.3. The highest BCUT2D eigenvalue weighted by Gasteiger charge is 2.35. The van der Waals surface area contributed by atoms with E-state index in [9.17, 15) is 4.39 Å². The molecule has 0 fully saturated rings. The Hall–Kier alpha value is -0.970. The minimum absolute atomic E-state index is 0.157. The van der Waals surface area contributed by atoms with Gasteiger partial charge in [0.15, 0.2) is 0 Å². The van der Waals surface area contributed by atoms with E-state index in [4.69, 9.17) is 10.6 Å². The van der Waals surface area contributed by atoms with Gasteiger partial charge in [-0.3, -0.25) is 11.3 Å². The number of rotatable bonds is 4. The molecule has 0 spiro atoms. The van der Waals surface area contributed by atoms with E-state index in [-0.39, 0.29) is 23.4 Å². The Morgan fingerprint density at radius 1 is 1.26 bits per heavy atom. The molecule has 19 heavy (non-hydrogen) atoms. The first-order chi connectivity index (χ1) is 8.72. The van der Waals surface area contributed by atoms with Crippen LogP contribution in [-0.4, -0.2) is 13.2 Å². The third-order valence-electron chi connectivity index (χ3n) is 3.38. The van der Waals surface area contributed by atoms with Crippen LogP contribution in [0.3, 0.4) is 0 Å². The average Bonchev–Trinajstić information content (AvgIpc) is 2.24. The first kappa shape index (κ1) is 16.1. The molecule has 0 aliphatic rings.